The smallest absolute Gasteiger partial charge is 0.185 e. The maximum atomic E-state index is 12.3. The molecule has 0 aromatic heterocycles. The van der Waals surface area contributed by atoms with E-state index in [1.54, 1.807) is 18.2 Å². The van der Waals surface area contributed by atoms with Crippen molar-refractivity contribution in [3.8, 4) is 6.07 Å². The Balaban J connectivity index is 1.69. The van der Waals surface area contributed by atoms with Gasteiger partial charge in [0.2, 0.25) is 0 Å². The SMILES string of the molecule is N#Cc1ccccc1/C=C/C(=O)c1ccc(N2CCC(O)CC2)cc1. The van der Waals surface area contributed by atoms with Gasteiger partial charge < -0.3 is 10.0 Å². The summed E-state index contributed by atoms with van der Waals surface area (Å²) in [5, 5.41) is 18.7. The maximum Gasteiger partial charge on any atom is 0.185 e. The van der Waals surface area contributed by atoms with E-state index in [1.165, 1.54) is 6.08 Å². The third-order valence-corrected chi connectivity index (χ3v) is 4.48. The molecule has 1 saturated heterocycles. The second-order valence-electron chi connectivity index (χ2n) is 6.16. The molecular formula is C21H20N2O2. The molecule has 0 saturated carbocycles. The topological polar surface area (TPSA) is 64.3 Å². The number of nitrogens with zero attached hydrogens (tertiary/aromatic N) is 2. The molecule has 2 aromatic rings. The lowest BCUT2D eigenvalue weighted by Crippen LogP contribution is -2.35. The molecule has 2 aromatic carbocycles. The number of ketones is 1. The van der Waals surface area contributed by atoms with Crippen molar-refractivity contribution in [2.45, 2.75) is 18.9 Å². The zero-order valence-corrected chi connectivity index (χ0v) is 13.9. The van der Waals surface area contributed by atoms with E-state index >= 15 is 0 Å². The number of carbonyl (C=O) groups is 1. The van der Waals surface area contributed by atoms with Crippen molar-refractivity contribution in [3.63, 3.8) is 0 Å². The standard InChI is InChI=1S/C21H20N2O2/c22-15-18-4-2-1-3-16(18)7-10-21(25)17-5-8-19(9-6-17)23-13-11-20(24)12-14-23/h1-10,20,24H,11-14H2/b10-7+. The Bertz CT molecular complexity index is 811. The van der Waals surface area contributed by atoms with Gasteiger partial charge in [-0.1, -0.05) is 18.2 Å². The van der Waals surface area contributed by atoms with Gasteiger partial charge >= 0.3 is 0 Å². The Morgan fingerprint density at radius 1 is 1.12 bits per heavy atom. The van der Waals surface area contributed by atoms with Crippen molar-refractivity contribution in [3.05, 3.63) is 71.3 Å². The average Bonchev–Trinajstić information content (AvgIpc) is 2.67. The Kier molecular flexibility index (Phi) is 5.27. The summed E-state index contributed by atoms with van der Waals surface area (Å²) in [6, 6.07) is 16.8. The number of allylic oxidation sites excluding steroid dienone is 1. The Morgan fingerprint density at radius 2 is 1.80 bits per heavy atom. The van der Waals surface area contributed by atoms with Crippen molar-refractivity contribution in [1.29, 1.82) is 5.26 Å². The highest BCUT2D eigenvalue weighted by Gasteiger charge is 2.17. The zero-order valence-electron chi connectivity index (χ0n) is 13.9. The van der Waals surface area contributed by atoms with E-state index in [0.717, 1.165) is 37.2 Å². The van der Waals surface area contributed by atoms with Crippen LogP contribution in [0.3, 0.4) is 0 Å². The van der Waals surface area contributed by atoms with E-state index in [1.807, 2.05) is 36.4 Å². The molecule has 1 aliphatic rings. The molecule has 1 fully saturated rings. The molecule has 4 nitrogen and oxygen atoms in total. The largest absolute Gasteiger partial charge is 0.393 e. The number of benzene rings is 2. The molecule has 0 unspecified atom stereocenters. The average molecular weight is 332 g/mol. The van der Waals surface area contributed by atoms with E-state index in [0.29, 0.717) is 11.1 Å². The lowest BCUT2D eigenvalue weighted by molar-refractivity contribution is 0.104. The van der Waals surface area contributed by atoms with Gasteiger partial charge in [0.15, 0.2) is 5.78 Å². The zero-order chi connectivity index (χ0) is 17.6. The predicted octanol–water partition coefficient (Wildman–Crippen LogP) is 3.42. The minimum atomic E-state index is -0.196. The molecule has 1 heterocycles. The first-order valence-electron chi connectivity index (χ1n) is 8.42. The molecule has 1 aliphatic heterocycles. The molecule has 0 bridgehead atoms. The van der Waals surface area contributed by atoms with Crippen LogP contribution in [0.15, 0.2) is 54.6 Å². The molecule has 126 valence electrons. The first-order valence-corrected chi connectivity index (χ1v) is 8.42. The molecule has 0 amide bonds. The lowest BCUT2D eigenvalue weighted by Gasteiger charge is -2.31. The molecule has 1 N–H and O–H groups in total. The first-order chi connectivity index (χ1) is 12.2. The molecule has 4 heteroatoms. The second kappa shape index (κ2) is 7.78. The van der Waals surface area contributed by atoms with Gasteiger partial charge in [-0.3, -0.25) is 4.79 Å². The quantitative estimate of drug-likeness (QED) is 0.688. The summed E-state index contributed by atoms with van der Waals surface area (Å²) >= 11 is 0. The van der Waals surface area contributed by atoms with Crippen LogP contribution >= 0.6 is 0 Å². The van der Waals surface area contributed by atoms with Crippen LogP contribution < -0.4 is 4.90 Å². The number of aliphatic hydroxyl groups excluding tert-OH is 1. The highest BCUT2D eigenvalue weighted by molar-refractivity contribution is 6.07. The number of rotatable bonds is 4. The van der Waals surface area contributed by atoms with Crippen LogP contribution in [-0.2, 0) is 0 Å². The maximum absolute atomic E-state index is 12.3. The monoisotopic (exact) mass is 332 g/mol. The van der Waals surface area contributed by atoms with Gasteiger partial charge in [-0.15, -0.1) is 0 Å². The fourth-order valence-corrected chi connectivity index (χ4v) is 2.97. The van der Waals surface area contributed by atoms with Gasteiger partial charge in [-0.2, -0.15) is 5.26 Å². The molecule has 0 radical (unpaired) electrons. The van der Waals surface area contributed by atoms with Crippen LogP contribution in [0.25, 0.3) is 6.08 Å². The fourth-order valence-electron chi connectivity index (χ4n) is 2.97. The number of hydrogen-bond acceptors (Lipinski definition) is 4. The third kappa shape index (κ3) is 4.14. The molecule has 0 spiro atoms. The van der Waals surface area contributed by atoms with E-state index in [9.17, 15) is 9.90 Å². The summed E-state index contributed by atoms with van der Waals surface area (Å²) < 4.78 is 0. The van der Waals surface area contributed by atoms with Crippen LogP contribution in [0.1, 0.15) is 34.3 Å². The van der Waals surface area contributed by atoms with Crippen LogP contribution in [-0.4, -0.2) is 30.1 Å². The Morgan fingerprint density at radius 3 is 2.48 bits per heavy atom. The number of piperidine rings is 1. The minimum Gasteiger partial charge on any atom is -0.393 e. The molecule has 0 atom stereocenters. The van der Waals surface area contributed by atoms with Gasteiger partial charge in [0, 0.05) is 24.3 Å². The predicted molar refractivity (Wildman–Crippen MR) is 98.4 cm³/mol. The van der Waals surface area contributed by atoms with E-state index < -0.39 is 0 Å². The molecule has 25 heavy (non-hydrogen) atoms. The summed E-state index contributed by atoms with van der Waals surface area (Å²) in [4.78, 5) is 14.6. The summed E-state index contributed by atoms with van der Waals surface area (Å²) in [5.74, 6) is -0.0895. The van der Waals surface area contributed by atoms with Gasteiger partial charge in [0.1, 0.15) is 0 Å². The van der Waals surface area contributed by atoms with E-state index in [2.05, 4.69) is 11.0 Å². The number of hydrogen-bond donors (Lipinski definition) is 1. The number of carbonyl (C=O) groups excluding carboxylic acids is 1. The second-order valence-corrected chi connectivity index (χ2v) is 6.16. The molecule has 3 rings (SSSR count). The Labute approximate surface area is 147 Å². The highest BCUT2D eigenvalue weighted by Crippen LogP contribution is 2.21. The summed E-state index contributed by atoms with van der Waals surface area (Å²) in [7, 11) is 0. The summed E-state index contributed by atoms with van der Waals surface area (Å²) in [5.41, 5.74) is 2.98. The summed E-state index contributed by atoms with van der Waals surface area (Å²) in [6.45, 7) is 1.67. The van der Waals surface area contributed by atoms with Crippen molar-refractivity contribution < 1.29 is 9.90 Å². The van der Waals surface area contributed by atoms with Crippen LogP contribution in [0.2, 0.25) is 0 Å². The lowest BCUT2D eigenvalue weighted by atomic mass is 10.0. The molecular weight excluding hydrogens is 312 g/mol. The number of anilines is 1. The van der Waals surface area contributed by atoms with Crippen molar-refractivity contribution in [2.24, 2.45) is 0 Å². The van der Waals surface area contributed by atoms with Crippen LogP contribution in [0.5, 0.6) is 0 Å². The van der Waals surface area contributed by atoms with E-state index in [-0.39, 0.29) is 11.9 Å². The molecule has 0 aliphatic carbocycles. The van der Waals surface area contributed by atoms with Crippen molar-refractivity contribution in [1.82, 2.24) is 0 Å². The first kappa shape index (κ1) is 16.9. The van der Waals surface area contributed by atoms with Gasteiger partial charge in [-0.25, -0.2) is 0 Å². The summed E-state index contributed by atoms with van der Waals surface area (Å²) in [6.07, 6.45) is 4.55. The van der Waals surface area contributed by atoms with E-state index in [4.69, 9.17) is 5.26 Å². The van der Waals surface area contributed by atoms with Crippen molar-refractivity contribution in [2.75, 3.05) is 18.0 Å². The number of nitriles is 1. The normalized spacial score (nSPS) is 15.3. The van der Waals surface area contributed by atoms with Gasteiger partial charge in [0.25, 0.3) is 0 Å². The highest BCUT2D eigenvalue weighted by atomic mass is 16.3. The minimum absolute atomic E-state index is 0.0895. The van der Waals surface area contributed by atoms with Gasteiger partial charge in [-0.05, 0) is 60.9 Å². The Hall–Kier alpha value is -2.90. The van der Waals surface area contributed by atoms with Crippen molar-refractivity contribution >= 4 is 17.5 Å². The fraction of sp³-hybridized carbons (Fsp3) is 0.238. The van der Waals surface area contributed by atoms with Crippen LogP contribution in [0.4, 0.5) is 5.69 Å². The van der Waals surface area contributed by atoms with Gasteiger partial charge in [0.05, 0.1) is 17.7 Å². The third-order valence-electron chi connectivity index (χ3n) is 4.48. The number of aliphatic hydroxyl groups is 1. The van der Waals surface area contributed by atoms with Crippen LogP contribution in [0, 0.1) is 11.3 Å².